The number of nitrogens with one attached hydrogen (secondary N) is 1. The monoisotopic (exact) mass is 709 g/mol. The van der Waals surface area contributed by atoms with Gasteiger partial charge >= 0.3 is 6.36 Å². The summed E-state index contributed by atoms with van der Waals surface area (Å²) in [6.07, 6.45) is 7.69. The number of fused-ring (bicyclic) bond motifs is 2. The van der Waals surface area contributed by atoms with E-state index >= 15 is 0 Å². The minimum atomic E-state index is -4.76. The van der Waals surface area contributed by atoms with Crippen molar-refractivity contribution in [1.29, 1.82) is 5.26 Å². The summed E-state index contributed by atoms with van der Waals surface area (Å²) in [4.78, 5) is 11.6. The van der Waals surface area contributed by atoms with E-state index in [1.807, 2.05) is 11.6 Å². The van der Waals surface area contributed by atoms with Crippen LogP contribution in [0.2, 0.25) is 0 Å². The number of morpholine rings is 1. The number of halogens is 3. The van der Waals surface area contributed by atoms with Crippen molar-refractivity contribution in [2.45, 2.75) is 88.6 Å². The summed E-state index contributed by atoms with van der Waals surface area (Å²) in [5.74, 6) is 0.765. The Hall–Kier alpha value is -4.86. The maximum absolute atomic E-state index is 12.6. The second-order valence-electron chi connectivity index (χ2n) is 13.0. The summed E-state index contributed by atoms with van der Waals surface area (Å²) >= 11 is 0. The Kier molecular flexibility index (Phi) is 10.3. The Morgan fingerprint density at radius 3 is 2.41 bits per heavy atom. The van der Waals surface area contributed by atoms with Gasteiger partial charge in [0.05, 0.1) is 44.2 Å². The molecule has 1 N–H and O–H groups in total. The molecule has 51 heavy (non-hydrogen) atoms. The number of hydrogen-bond acceptors (Lipinski definition) is 13. The number of nitriles is 1. The van der Waals surface area contributed by atoms with Gasteiger partial charge < -0.3 is 19.5 Å². The summed E-state index contributed by atoms with van der Waals surface area (Å²) in [6.45, 7) is 2.81. The van der Waals surface area contributed by atoms with Gasteiger partial charge in [0.15, 0.2) is 0 Å². The quantitative estimate of drug-likeness (QED) is 0.191. The van der Waals surface area contributed by atoms with Crippen LogP contribution in [0.3, 0.4) is 0 Å². The molecule has 2 saturated heterocycles. The van der Waals surface area contributed by atoms with Crippen molar-refractivity contribution < 1.29 is 32.1 Å². The van der Waals surface area contributed by atoms with Crippen molar-refractivity contribution in [3.63, 3.8) is 0 Å². The van der Waals surface area contributed by atoms with Crippen LogP contribution in [0.1, 0.15) is 57.1 Å². The van der Waals surface area contributed by atoms with Crippen molar-refractivity contribution in [3.8, 4) is 28.8 Å². The van der Waals surface area contributed by atoms with Gasteiger partial charge in [-0.15, -0.1) is 23.4 Å². The first kappa shape index (κ1) is 34.6. The van der Waals surface area contributed by atoms with Crippen molar-refractivity contribution in [2.75, 3.05) is 31.7 Å². The van der Waals surface area contributed by atoms with Gasteiger partial charge in [0.2, 0.25) is 5.95 Å². The van der Waals surface area contributed by atoms with Gasteiger partial charge in [0, 0.05) is 36.1 Å². The SMILES string of the molecule is C[C@@H](Cn1cnnn1)Oc1cc(-c2cnc(Nc3cn(C4CCC(N5[C@@H]6CC[C@H]5COC6)CC4)nc3OCCOC(F)(F)F)nc2)ccc1C#N. The van der Waals surface area contributed by atoms with E-state index in [1.54, 1.807) is 36.8 Å². The zero-order chi connectivity index (χ0) is 35.4. The van der Waals surface area contributed by atoms with Crippen molar-refractivity contribution in [1.82, 2.24) is 44.9 Å². The van der Waals surface area contributed by atoms with Crippen LogP contribution in [0.5, 0.6) is 11.6 Å². The van der Waals surface area contributed by atoms with Gasteiger partial charge in [0.1, 0.15) is 36.5 Å². The lowest BCUT2D eigenvalue weighted by atomic mass is 9.89. The molecule has 18 heteroatoms. The molecule has 3 atom stereocenters. The molecule has 0 unspecified atom stereocenters. The maximum atomic E-state index is 12.6. The van der Waals surface area contributed by atoms with E-state index in [9.17, 15) is 18.4 Å². The Bertz CT molecular complexity index is 1770. The van der Waals surface area contributed by atoms with E-state index in [0.29, 0.717) is 47.2 Å². The normalized spacial score (nSPS) is 22.7. The molecule has 4 aromatic rings. The predicted molar refractivity (Wildman–Crippen MR) is 174 cm³/mol. The largest absolute Gasteiger partial charge is 0.522 e. The molecule has 270 valence electrons. The lowest BCUT2D eigenvalue weighted by molar-refractivity contribution is -0.325. The molecule has 15 nitrogen and oxygen atoms in total. The first-order valence-electron chi connectivity index (χ1n) is 17.0. The van der Waals surface area contributed by atoms with Crippen LogP contribution in [0.4, 0.5) is 24.8 Å². The van der Waals surface area contributed by atoms with E-state index in [1.165, 1.54) is 23.9 Å². The first-order chi connectivity index (χ1) is 24.7. The average Bonchev–Trinajstić information content (AvgIpc) is 3.84. The third-order valence-electron chi connectivity index (χ3n) is 9.54. The number of alkyl halides is 3. The summed E-state index contributed by atoms with van der Waals surface area (Å²) in [7, 11) is 0. The smallest absolute Gasteiger partial charge is 0.487 e. The number of ether oxygens (including phenoxy) is 4. The van der Waals surface area contributed by atoms with Crippen LogP contribution in [-0.4, -0.2) is 102 Å². The fraction of sp³-hybridized carbons (Fsp3) is 0.545. The number of anilines is 2. The molecule has 2 aliphatic heterocycles. The molecule has 1 aliphatic carbocycles. The first-order valence-corrected chi connectivity index (χ1v) is 17.0. The molecule has 0 amide bonds. The molecule has 7 rings (SSSR count). The topological polar surface area (TPSA) is 163 Å². The summed E-state index contributed by atoms with van der Waals surface area (Å²) < 4.78 is 62.5. The highest BCUT2D eigenvalue weighted by Crippen LogP contribution is 2.39. The standard InChI is InChI=1S/C33H38F3N11O4/c1-21(16-45-20-40-43-44-45)51-30-12-22(2-3-23(30)13-37)24-14-38-32(39-15-24)41-29-17-46(42-31(29)49-10-11-50-33(34,35)36)25-4-6-26(7-5-25)47-27-8-9-28(47)19-48-18-27/h2-3,12,14-15,17,20-21,25-28H,4-11,16,18-19H2,1H3,(H,38,39,41)/t21-,25?,26?,27-,28+/m0/s1. The molecule has 1 aromatic carbocycles. The van der Waals surface area contributed by atoms with Gasteiger partial charge in [-0.25, -0.2) is 14.6 Å². The van der Waals surface area contributed by atoms with Crippen LogP contribution < -0.4 is 14.8 Å². The molecule has 2 bridgehead atoms. The lowest BCUT2D eigenvalue weighted by Crippen LogP contribution is -2.52. The molecular formula is C33H38F3N11O4. The highest BCUT2D eigenvalue weighted by atomic mass is 19.4. The second kappa shape index (κ2) is 15.2. The molecule has 1 saturated carbocycles. The molecule has 0 radical (unpaired) electrons. The number of rotatable bonds is 13. The van der Waals surface area contributed by atoms with Gasteiger partial charge in [-0.1, -0.05) is 6.07 Å². The van der Waals surface area contributed by atoms with E-state index < -0.39 is 13.0 Å². The molecule has 3 fully saturated rings. The number of tetrazole rings is 1. The van der Waals surface area contributed by atoms with Gasteiger partial charge in [-0.3, -0.25) is 14.3 Å². The fourth-order valence-electron chi connectivity index (χ4n) is 7.26. The van der Waals surface area contributed by atoms with Gasteiger partial charge in [-0.2, -0.15) is 5.26 Å². The van der Waals surface area contributed by atoms with Gasteiger partial charge in [-0.05, 0) is 73.6 Å². The van der Waals surface area contributed by atoms with Crippen LogP contribution >= 0.6 is 0 Å². The summed E-state index contributed by atoms with van der Waals surface area (Å²) in [5.41, 5.74) is 2.19. The Morgan fingerprint density at radius 1 is 1.00 bits per heavy atom. The predicted octanol–water partition coefficient (Wildman–Crippen LogP) is 4.67. The van der Waals surface area contributed by atoms with Gasteiger partial charge in [0.25, 0.3) is 5.88 Å². The van der Waals surface area contributed by atoms with E-state index in [-0.39, 0.29) is 30.6 Å². The zero-order valence-corrected chi connectivity index (χ0v) is 27.9. The Balaban J connectivity index is 1.03. The Labute approximate surface area is 291 Å². The van der Waals surface area contributed by atoms with Crippen molar-refractivity contribution >= 4 is 11.6 Å². The maximum Gasteiger partial charge on any atom is 0.522 e. The molecule has 3 aromatic heterocycles. The number of hydrogen-bond donors (Lipinski definition) is 1. The molecule has 0 spiro atoms. The van der Waals surface area contributed by atoms with E-state index in [2.05, 4.69) is 51.6 Å². The van der Waals surface area contributed by atoms with E-state index in [0.717, 1.165) is 44.5 Å². The number of aromatic nitrogens is 8. The molecule has 5 heterocycles. The lowest BCUT2D eigenvalue weighted by Gasteiger charge is -2.43. The van der Waals surface area contributed by atoms with Crippen LogP contribution in [0.15, 0.2) is 43.1 Å². The van der Waals surface area contributed by atoms with Crippen LogP contribution in [0.25, 0.3) is 11.1 Å². The fourth-order valence-corrected chi connectivity index (χ4v) is 7.26. The zero-order valence-electron chi connectivity index (χ0n) is 27.9. The Morgan fingerprint density at radius 2 is 1.73 bits per heavy atom. The number of benzene rings is 1. The minimum absolute atomic E-state index is 0.107. The number of nitrogens with zero attached hydrogens (tertiary/aromatic N) is 10. The highest BCUT2D eigenvalue weighted by Gasteiger charge is 2.42. The average molecular weight is 710 g/mol. The summed E-state index contributed by atoms with van der Waals surface area (Å²) in [6, 6.07) is 8.96. The van der Waals surface area contributed by atoms with Crippen molar-refractivity contribution in [3.05, 3.63) is 48.7 Å². The van der Waals surface area contributed by atoms with Crippen LogP contribution in [-0.2, 0) is 16.0 Å². The highest BCUT2D eigenvalue weighted by molar-refractivity contribution is 5.67. The minimum Gasteiger partial charge on any atom is -0.487 e. The van der Waals surface area contributed by atoms with E-state index in [4.69, 9.17) is 14.2 Å². The van der Waals surface area contributed by atoms with Crippen LogP contribution in [0, 0.1) is 11.3 Å². The second-order valence-corrected chi connectivity index (χ2v) is 13.0. The molecular weight excluding hydrogens is 671 g/mol. The third-order valence-corrected chi connectivity index (χ3v) is 9.54. The molecule has 3 aliphatic rings. The summed E-state index contributed by atoms with van der Waals surface area (Å²) in [5, 5.41) is 28.5. The third kappa shape index (κ3) is 8.38. The van der Waals surface area contributed by atoms with Crippen molar-refractivity contribution in [2.24, 2.45) is 0 Å².